The van der Waals surface area contributed by atoms with E-state index in [2.05, 4.69) is 5.32 Å². The van der Waals surface area contributed by atoms with E-state index in [1.165, 1.54) is 19.2 Å². The molecule has 0 saturated heterocycles. The predicted molar refractivity (Wildman–Crippen MR) is 100 cm³/mol. The Morgan fingerprint density at radius 1 is 1.25 bits per heavy atom. The average Bonchev–Trinajstić information content (AvgIpc) is 2.57. The Morgan fingerprint density at radius 2 is 1.89 bits per heavy atom. The van der Waals surface area contributed by atoms with Crippen molar-refractivity contribution in [2.24, 2.45) is 0 Å². The first-order valence-corrected chi connectivity index (χ1v) is 8.58. The van der Waals surface area contributed by atoms with Crippen LogP contribution in [0.15, 0.2) is 18.2 Å². The quantitative estimate of drug-likeness (QED) is 0.401. The van der Waals surface area contributed by atoms with Crippen LogP contribution in [0.2, 0.25) is 0 Å². The molecule has 10 heteroatoms. The normalized spacial score (nSPS) is 10.8. The molecule has 0 saturated carbocycles. The van der Waals surface area contributed by atoms with Gasteiger partial charge in [-0.25, -0.2) is 4.79 Å². The molecule has 154 valence electrons. The molecule has 0 aliphatic rings. The summed E-state index contributed by atoms with van der Waals surface area (Å²) in [6.07, 6.45) is 0. The molecule has 1 aromatic carbocycles. The SMILES string of the molecule is CCOc1ccc(C(=O)OCC(=O)N(C)CC(=O)NC(C)(C)C)cc1[N+](=O)[O-]. The number of amides is 2. The average molecular weight is 395 g/mol. The Hall–Kier alpha value is -3.17. The second-order valence-electron chi connectivity index (χ2n) is 7.00. The van der Waals surface area contributed by atoms with Crippen molar-refractivity contribution < 1.29 is 28.8 Å². The van der Waals surface area contributed by atoms with E-state index < -0.39 is 28.9 Å². The van der Waals surface area contributed by atoms with Gasteiger partial charge in [0.15, 0.2) is 12.4 Å². The van der Waals surface area contributed by atoms with Crippen LogP contribution in [0.5, 0.6) is 5.75 Å². The van der Waals surface area contributed by atoms with Gasteiger partial charge in [0.1, 0.15) is 0 Å². The third-order valence-electron chi connectivity index (χ3n) is 3.34. The van der Waals surface area contributed by atoms with Crippen LogP contribution >= 0.6 is 0 Å². The van der Waals surface area contributed by atoms with Gasteiger partial charge in [-0.3, -0.25) is 19.7 Å². The highest BCUT2D eigenvalue weighted by Crippen LogP contribution is 2.28. The number of nitrogens with one attached hydrogen (secondary N) is 1. The van der Waals surface area contributed by atoms with E-state index in [-0.39, 0.29) is 36.1 Å². The van der Waals surface area contributed by atoms with E-state index in [9.17, 15) is 24.5 Å². The van der Waals surface area contributed by atoms with Gasteiger partial charge in [-0.2, -0.15) is 0 Å². The van der Waals surface area contributed by atoms with Crippen molar-refractivity contribution in [3.63, 3.8) is 0 Å². The molecule has 0 atom stereocenters. The van der Waals surface area contributed by atoms with Gasteiger partial charge in [0.25, 0.3) is 5.91 Å². The van der Waals surface area contributed by atoms with Gasteiger partial charge in [0.2, 0.25) is 5.91 Å². The molecule has 0 spiro atoms. The van der Waals surface area contributed by atoms with Gasteiger partial charge < -0.3 is 19.7 Å². The maximum absolute atomic E-state index is 12.1. The molecule has 0 heterocycles. The summed E-state index contributed by atoms with van der Waals surface area (Å²) in [7, 11) is 1.40. The van der Waals surface area contributed by atoms with Crippen molar-refractivity contribution >= 4 is 23.5 Å². The summed E-state index contributed by atoms with van der Waals surface area (Å²) >= 11 is 0. The number of hydrogen-bond acceptors (Lipinski definition) is 7. The zero-order valence-corrected chi connectivity index (χ0v) is 16.6. The van der Waals surface area contributed by atoms with Crippen LogP contribution in [0.3, 0.4) is 0 Å². The van der Waals surface area contributed by atoms with Gasteiger partial charge >= 0.3 is 11.7 Å². The van der Waals surface area contributed by atoms with Crippen LogP contribution in [0.4, 0.5) is 5.69 Å². The third-order valence-corrected chi connectivity index (χ3v) is 3.34. The fourth-order valence-electron chi connectivity index (χ4n) is 2.15. The number of likely N-dealkylation sites (N-methyl/N-ethyl adjacent to an activating group) is 1. The topological polar surface area (TPSA) is 128 Å². The van der Waals surface area contributed by atoms with Gasteiger partial charge in [-0.05, 0) is 39.8 Å². The largest absolute Gasteiger partial charge is 0.487 e. The number of ether oxygens (including phenoxy) is 2. The minimum Gasteiger partial charge on any atom is -0.487 e. The van der Waals surface area contributed by atoms with Gasteiger partial charge in [-0.1, -0.05) is 0 Å². The lowest BCUT2D eigenvalue weighted by Gasteiger charge is -2.23. The highest BCUT2D eigenvalue weighted by Gasteiger charge is 2.22. The molecule has 10 nitrogen and oxygen atoms in total. The Labute approximate surface area is 162 Å². The lowest BCUT2D eigenvalue weighted by molar-refractivity contribution is -0.385. The highest BCUT2D eigenvalue weighted by atomic mass is 16.6. The van der Waals surface area contributed by atoms with E-state index >= 15 is 0 Å². The number of esters is 1. The summed E-state index contributed by atoms with van der Waals surface area (Å²) < 4.78 is 10.0. The monoisotopic (exact) mass is 395 g/mol. The summed E-state index contributed by atoms with van der Waals surface area (Å²) in [5, 5.41) is 13.8. The molecular weight excluding hydrogens is 370 g/mol. The molecule has 1 rings (SSSR count). The molecule has 0 radical (unpaired) electrons. The van der Waals surface area contributed by atoms with Crippen molar-refractivity contribution in [3.8, 4) is 5.75 Å². The van der Waals surface area contributed by atoms with Crippen molar-refractivity contribution in [1.82, 2.24) is 10.2 Å². The smallest absolute Gasteiger partial charge is 0.338 e. The molecule has 0 aromatic heterocycles. The fourth-order valence-corrected chi connectivity index (χ4v) is 2.15. The molecule has 0 aliphatic carbocycles. The van der Waals surface area contributed by atoms with Crippen LogP contribution in [-0.2, 0) is 14.3 Å². The minimum absolute atomic E-state index is 0.0321. The van der Waals surface area contributed by atoms with Crippen LogP contribution in [-0.4, -0.2) is 60.0 Å². The van der Waals surface area contributed by atoms with Crippen molar-refractivity contribution in [2.75, 3.05) is 26.8 Å². The summed E-state index contributed by atoms with van der Waals surface area (Å²) in [5.74, 6) is -1.80. The zero-order chi connectivity index (χ0) is 21.5. The molecular formula is C18H25N3O7. The van der Waals surface area contributed by atoms with Crippen LogP contribution in [0.25, 0.3) is 0 Å². The Balaban J connectivity index is 2.68. The molecule has 2 amide bonds. The first-order valence-electron chi connectivity index (χ1n) is 8.58. The molecule has 0 fully saturated rings. The van der Waals surface area contributed by atoms with E-state index in [0.717, 1.165) is 11.0 Å². The number of carbonyl (C=O) groups excluding carboxylic acids is 3. The fraction of sp³-hybridized carbons (Fsp3) is 0.500. The maximum atomic E-state index is 12.1. The van der Waals surface area contributed by atoms with Crippen molar-refractivity contribution in [1.29, 1.82) is 0 Å². The van der Waals surface area contributed by atoms with Gasteiger partial charge in [0.05, 0.1) is 23.6 Å². The molecule has 1 aromatic rings. The first-order chi connectivity index (χ1) is 12.9. The van der Waals surface area contributed by atoms with Gasteiger partial charge in [0, 0.05) is 18.7 Å². The van der Waals surface area contributed by atoms with Gasteiger partial charge in [-0.15, -0.1) is 0 Å². The zero-order valence-electron chi connectivity index (χ0n) is 16.6. The number of benzene rings is 1. The van der Waals surface area contributed by atoms with E-state index in [4.69, 9.17) is 9.47 Å². The van der Waals surface area contributed by atoms with Crippen molar-refractivity contribution in [2.45, 2.75) is 33.2 Å². The summed E-state index contributed by atoms with van der Waals surface area (Å²) in [5.41, 5.74) is -0.898. The first kappa shape index (κ1) is 22.9. The van der Waals surface area contributed by atoms with E-state index in [1.54, 1.807) is 6.92 Å². The third kappa shape index (κ3) is 7.22. The standard InChI is InChI=1S/C18H25N3O7/c1-6-27-14-8-7-12(9-13(14)21(25)26)17(24)28-11-16(23)20(5)10-15(22)19-18(2,3)4/h7-9H,6,10-11H2,1-5H3,(H,19,22). The Bertz CT molecular complexity index is 756. The van der Waals surface area contributed by atoms with Crippen LogP contribution in [0.1, 0.15) is 38.1 Å². The summed E-state index contributed by atoms with van der Waals surface area (Å²) in [6, 6.07) is 3.63. The molecule has 0 unspecified atom stereocenters. The highest BCUT2D eigenvalue weighted by molar-refractivity contribution is 5.93. The second kappa shape index (κ2) is 9.67. The van der Waals surface area contributed by atoms with E-state index in [0.29, 0.717) is 0 Å². The Morgan fingerprint density at radius 3 is 2.43 bits per heavy atom. The summed E-state index contributed by atoms with van der Waals surface area (Å²) in [4.78, 5) is 47.5. The molecule has 0 bridgehead atoms. The number of nitro benzene ring substituents is 1. The van der Waals surface area contributed by atoms with Crippen LogP contribution < -0.4 is 10.1 Å². The molecule has 0 aliphatic heterocycles. The number of rotatable bonds is 8. The maximum Gasteiger partial charge on any atom is 0.338 e. The molecule has 1 N–H and O–H groups in total. The second-order valence-corrected chi connectivity index (χ2v) is 7.00. The Kier molecular flexibility index (Phi) is 7.90. The number of hydrogen-bond donors (Lipinski definition) is 1. The lowest BCUT2D eigenvalue weighted by Crippen LogP contribution is -2.46. The summed E-state index contributed by atoms with van der Waals surface area (Å²) in [6.45, 7) is 6.55. The number of nitrogens with zero attached hydrogens (tertiary/aromatic N) is 2. The number of nitro groups is 1. The van der Waals surface area contributed by atoms with Crippen LogP contribution in [0, 0.1) is 10.1 Å². The minimum atomic E-state index is -0.896. The lowest BCUT2D eigenvalue weighted by atomic mass is 10.1. The van der Waals surface area contributed by atoms with E-state index in [1.807, 2.05) is 20.8 Å². The molecule has 28 heavy (non-hydrogen) atoms. The number of carbonyl (C=O) groups is 3. The van der Waals surface area contributed by atoms with Crippen molar-refractivity contribution in [3.05, 3.63) is 33.9 Å². The predicted octanol–water partition coefficient (Wildman–Crippen LogP) is 1.52.